The van der Waals surface area contributed by atoms with Gasteiger partial charge in [0.25, 0.3) is 0 Å². The molecule has 80 valence electrons. The third-order valence-corrected chi connectivity index (χ3v) is 1.87. The minimum absolute atomic E-state index is 0.109. The van der Waals surface area contributed by atoms with Crippen LogP contribution in [0, 0.1) is 18.7 Å². The molecule has 0 aromatic heterocycles. The van der Waals surface area contributed by atoms with E-state index in [9.17, 15) is 4.39 Å². The fourth-order valence-corrected chi connectivity index (χ4v) is 1.31. The summed E-state index contributed by atoms with van der Waals surface area (Å²) in [7, 11) is 0. The van der Waals surface area contributed by atoms with Crippen LogP contribution in [0.3, 0.4) is 0 Å². The van der Waals surface area contributed by atoms with Crippen LogP contribution < -0.4 is 0 Å². The Hall–Kier alpha value is -0.850. The summed E-state index contributed by atoms with van der Waals surface area (Å²) in [6.45, 7) is 10.1. The Bertz CT molecular complexity index is 264. The Morgan fingerprint density at radius 1 is 1.21 bits per heavy atom. The van der Waals surface area contributed by atoms with Gasteiger partial charge in [-0.1, -0.05) is 39.8 Å². The van der Waals surface area contributed by atoms with Crippen molar-refractivity contribution in [2.24, 2.45) is 5.92 Å². The molecule has 0 aliphatic carbocycles. The Labute approximate surface area is 87.2 Å². The lowest BCUT2D eigenvalue weighted by atomic mass is 10.0. The van der Waals surface area contributed by atoms with Crippen molar-refractivity contribution in [3.63, 3.8) is 0 Å². The van der Waals surface area contributed by atoms with Gasteiger partial charge in [0.1, 0.15) is 5.82 Å². The molecule has 0 fully saturated rings. The van der Waals surface area contributed by atoms with Crippen LogP contribution in [-0.2, 0) is 6.42 Å². The second-order valence-electron chi connectivity index (χ2n) is 3.68. The van der Waals surface area contributed by atoms with E-state index < -0.39 is 0 Å². The summed E-state index contributed by atoms with van der Waals surface area (Å²) in [5.41, 5.74) is 1.97. The molecule has 1 rings (SSSR count). The summed E-state index contributed by atoms with van der Waals surface area (Å²) in [5.74, 6) is 0.525. The van der Waals surface area contributed by atoms with E-state index in [1.807, 2.05) is 26.0 Å². The smallest absolute Gasteiger partial charge is 0.126 e. The largest absolute Gasteiger partial charge is 0.207 e. The van der Waals surface area contributed by atoms with Gasteiger partial charge in [0, 0.05) is 0 Å². The van der Waals surface area contributed by atoms with E-state index in [-0.39, 0.29) is 5.82 Å². The average Bonchev–Trinajstić information content (AvgIpc) is 2.14. The van der Waals surface area contributed by atoms with Crippen LogP contribution in [0.1, 0.15) is 38.8 Å². The van der Waals surface area contributed by atoms with E-state index in [0.29, 0.717) is 5.92 Å². The molecule has 1 aromatic rings. The lowest BCUT2D eigenvalue weighted by Crippen LogP contribution is -1.95. The molecule has 0 bridgehead atoms. The van der Waals surface area contributed by atoms with Gasteiger partial charge in [0.05, 0.1) is 0 Å². The van der Waals surface area contributed by atoms with Gasteiger partial charge in [-0.3, -0.25) is 0 Å². The van der Waals surface area contributed by atoms with Crippen molar-refractivity contribution in [2.75, 3.05) is 0 Å². The van der Waals surface area contributed by atoms with E-state index in [1.165, 1.54) is 5.56 Å². The molecule has 0 aliphatic heterocycles. The van der Waals surface area contributed by atoms with E-state index in [2.05, 4.69) is 13.8 Å². The topological polar surface area (TPSA) is 0 Å². The quantitative estimate of drug-likeness (QED) is 0.659. The minimum Gasteiger partial charge on any atom is -0.207 e. The summed E-state index contributed by atoms with van der Waals surface area (Å²) >= 11 is 0. The van der Waals surface area contributed by atoms with Crippen LogP contribution in [0.2, 0.25) is 0 Å². The molecule has 1 aromatic carbocycles. The predicted octanol–water partition coefficient (Wildman–Crippen LogP) is 4.36. The van der Waals surface area contributed by atoms with Crippen molar-refractivity contribution in [2.45, 2.75) is 41.0 Å². The van der Waals surface area contributed by atoms with Crippen LogP contribution in [0.15, 0.2) is 18.2 Å². The van der Waals surface area contributed by atoms with E-state index in [1.54, 1.807) is 13.0 Å². The van der Waals surface area contributed by atoms with Crippen LogP contribution in [-0.4, -0.2) is 0 Å². The van der Waals surface area contributed by atoms with E-state index in [4.69, 9.17) is 0 Å². The highest BCUT2D eigenvalue weighted by Crippen LogP contribution is 2.12. The van der Waals surface area contributed by atoms with Crippen LogP contribution in [0.4, 0.5) is 4.39 Å². The first kappa shape index (κ1) is 13.2. The minimum atomic E-state index is -0.109. The number of aryl methyl sites for hydroxylation is 1. The Morgan fingerprint density at radius 3 is 2.21 bits per heavy atom. The highest BCUT2D eigenvalue weighted by atomic mass is 19.1. The SMILES string of the molecule is CC.Cc1cc(CC(C)C)ccc1F. The molecule has 0 atom stereocenters. The first-order valence-corrected chi connectivity index (χ1v) is 5.34. The number of benzene rings is 1. The number of hydrogen-bond acceptors (Lipinski definition) is 0. The zero-order valence-corrected chi connectivity index (χ0v) is 9.89. The first-order valence-electron chi connectivity index (χ1n) is 5.34. The molecule has 0 saturated carbocycles. The van der Waals surface area contributed by atoms with Crippen LogP contribution in [0.25, 0.3) is 0 Å². The summed E-state index contributed by atoms with van der Waals surface area (Å²) in [4.78, 5) is 0. The predicted molar refractivity (Wildman–Crippen MR) is 61.0 cm³/mol. The lowest BCUT2D eigenvalue weighted by Gasteiger charge is -2.05. The molecule has 0 unspecified atom stereocenters. The van der Waals surface area contributed by atoms with Gasteiger partial charge in [-0.25, -0.2) is 4.39 Å². The third kappa shape index (κ3) is 4.40. The fraction of sp³-hybridized carbons (Fsp3) is 0.538. The molecule has 1 heteroatoms. The summed E-state index contributed by atoms with van der Waals surface area (Å²) in [5, 5.41) is 0. The van der Waals surface area contributed by atoms with Gasteiger partial charge in [-0.05, 0) is 36.5 Å². The van der Waals surface area contributed by atoms with Crippen molar-refractivity contribution >= 4 is 0 Å². The molecule has 0 heterocycles. The monoisotopic (exact) mass is 196 g/mol. The molecular weight excluding hydrogens is 175 g/mol. The Kier molecular flexibility index (Phi) is 6.18. The van der Waals surface area contributed by atoms with E-state index >= 15 is 0 Å². The normalized spacial score (nSPS) is 9.64. The molecule has 0 saturated heterocycles. The molecule has 0 radical (unpaired) electrons. The summed E-state index contributed by atoms with van der Waals surface area (Å²) in [6, 6.07) is 5.34. The maximum Gasteiger partial charge on any atom is 0.126 e. The molecule has 0 amide bonds. The van der Waals surface area contributed by atoms with Crippen molar-refractivity contribution < 1.29 is 4.39 Å². The van der Waals surface area contributed by atoms with Gasteiger partial charge in [-0.2, -0.15) is 0 Å². The van der Waals surface area contributed by atoms with Crippen molar-refractivity contribution in [1.82, 2.24) is 0 Å². The van der Waals surface area contributed by atoms with Gasteiger partial charge in [0.15, 0.2) is 0 Å². The maximum atomic E-state index is 12.8. The standard InChI is InChI=1S/C11H15F.C2H6/c1-8(2)6-10-4-5-11(12)9(3)7-10;1-2/h4-5,7-8H,6H2,1-3H3;1-2H3. The highest BCUT2D eigenvalue weighted by Gasteiger charge is 2.00. The summed E-state index contributed by atoms with van der Waals surface area (Å²) in [6.07, 6.45) is 1.03. The van der Waals surface area contributed by atoms with Crippen LogP contribution in [0.5, 0.6) is 0 Å². The zero-order valence-electron chi connectivity index (χ0n) is 9.89. The zero-order chi connectivity index (χ0) is 11.1. The molecule has 0 aliphatic rings. The number of halogens is 1. The maximum absolute atomic E-state index is 12.8. The molecule has 0 nitrogen and oxygen atoms in total. The second-order valence-corrected chi connectivity index (χ2v) is 3.68. The van der Waals surface area contributed by atoms with Crippen molar-refractivity contribution in [1.29, 1.82) is 0 Å². The Morgan fingerprint density at radius 2 is 1.79 bits per heavy atom. The Balaban J connectivity index is 0.000000791. The fourth-order valence-electron chi connectivity index (χ4n) is 1.31. The van der Waals surface area contributed by atoms with Crippen molar-refractivity contribution in [3.8, 4) is 0 Å². The second kappa shape index (κ2) is 6.58. The average molecular weight is 196 g/mol. The van der Waals surface area contributed by atoms with Crippen molar-refractivity contribution in [3.05, 3.63) is 35.1 Å². The third-order valence-electron chi connectivity index (χ3n) is 1.87. The van der Waals surface area contributed by atoms with Gasteiger partial charge < -0.3 is 0 Å². The first-order chi connectivity index (χ1) is 6.59. The van der Waals surface area contributed by atoms with Crippen LogP contribution >= 0.6 is 0 Å². The molecule has 0 spiro atoms. The number of hydrogen-bond donors (Lipinski definition) is 0. The molecule has 14 heavy (non-hydrogen) atoms. The summed E-state index contributed by atoms with van der Waals surface area (Å²) < 4.78 is 12.8. The highest BCUT2D eigenvalue weighted by molar-refractivity contribution is 5.24. The van der Waals surface area contributed by atoms with Gasteiger partial charge in [0.2, 0.25) is 0 Å². The number of rotatable bonds is 2. The van der Waals surface area contributed by atoms with E-state index in [0.717, 1.165) is 12.0 Å². The van der Waals surface area contributed by atoms with Gasteiger partial charge in [-0.15, -0.1) is 0 Å². The molecular formula is C13H21F. The lowest BCUT2D eigenvalue weighted by molar-refractivity contribution is 0.612. The molecule has 0 N–H and O–H groups in total. The van der Waals surface area contributed by atoms with Gasteiger partial charge >= 0.3 is 0 Å².